The van der Waals surface area contributed by atoms with Crippen LogP contribution in [0, 0.1) is 6.92 Å². The number of aryl methyl sites for hydroxylation is 2. The molecule has 2 aromatic heterocycles. The topological polar surface area (TPSA) is 111 Å². The van der Waals surface area contributed by atoms with Gasteiger partial charge < -0.3 is 19.4 Å². The number of nitrogens with zero attached hydrogens (tertiary/aromatic N) is 5. The van der Waals surface area contributed by atoms with Gasteiger partial charge in [0.25, 0.3) is 0 Å². The Kier molecular flexibility index (Phi) is 6.32. The third-order valence-corrected chi connectivity index (χ3v) is 8.12. The molecule has 0 bridgehead atoms. The Morgan fingerprint density at radius 3 is 2.62 bits per heavy atom. The van der Waals surface area contributed by atoms with Crippen LogP contribution in [-0.4, -0.2) is 57.7 Å². The van der Waals surface area contributed by atoms with Gasteiger partial charge in [-0.05, 0) is 67.4 Å². The Balaban J connectivity index is 1.20. The molecule has 1 aliphatic rings. The first-order valence-corrected chi connectivity index (χ1v) is 14.4. The molecule has 1 aliphatic heterocycles. The number of anilines is 2. The zero-order chi connectivity index (χ0) is 27.1. The third-order valence-electron chi connectivity index (χ3n) is 6.85. The van der Waals surface area contributed by atoms with Gasteiger partial charge in [0, 0.05) is 30.7 Å². The fraction of sp³-hybridized carbons (Fsp3) is 0.250. The molecule has 0 unspecified atom stereocenters. The summed E-state index contributed by atoms with van der Waals surface area (Å²) in [6.07, 6.45) is 4.97. The zero-order valence-electron chi connectivity index (χ0n) is 21.8. The number of imidazole rings is 1. The van der Waals surface area contributed by atoms with Gasteiger partial charge in [0.1, 0.15) is 35.5 Å². The van der Waals surface area contributed by atoms with E-state index in [9.17, 15) is 8.42 Å². The van der Waals surface area contributed by atoms with Gasteiger partial charge in [0.05, 0.1) is 35.7 Å². The standard InChI is InChI=1S/C28H28N6O4S/c1-18-12-19(4-9-27(18)38-21-6-8-26-25(14-21)31-17-33(26)2)32-28-23-13-20(5-7-24(23)29-16-30-28)37-22-10-11-34(15-22)39(3,35)36/h4-9,12-14,16-17,22H,10-11,15H2,1-3H3,(H,29,30,32)/t22-/m0/s1. The number of hydrogen-bond acceptors (Lipinski definition) is 8. The van der Waals surface area contributed by atoms with Gasteiger partial charge in [-0.1, -0.05) is 0 Å². The van der Waals surface area contributed by atoms with Crippen LogP contribution >= 0.6 is 0 Å². The van der Waals surface area contributed by atoms with Crippen molar-refractivity contribution >= 4 is 43.5 Å². The van der Waals surface area contributed by atoms with E-state index in [2.05, 4.69) is 20.3 Å². The molecule has 200 valence electrons. The summed E-state index contributed by atoms with van der Waals surface area (Å²) in [5.74, 6) is 2.76. The van der Waals surface area contributed by atoms with Crippen LogP contribution in [0.25, 0.3) is 21.9 Å². The number of benzene rings is 3. The van der Waals surface area contributed by atoms with Gasteiger partial charge in [0.2, 0.25) is 10.0 Å². The minimum Gasteiger partial charge on any atom is -0.489 e. The molecule has 6 rings (SSSR count). The van der Waals surface area contributed by atoms with Crippen LogP contribution < -0.4 is 14.8 Å². The van der Waals surface area contributed by atoms with Crippen molar-refractivity contribution in [2.75, 3.05) is 24.7 Å². The molecule has 1 atom stereocenters. The van der Waals surface area contributed by atoms with E-state index in [1.54, 1.807) is 6.33 Å². The quantitative estimate of drug-likeness (QED) is 0.312. The first-order valence-electron chi connectivity index (χ1n) is 12.6. The highest BCUT2D eigenvalue weighted by molar-refractivity contribution is 7.88. The number of ether oxygens (including phenoxy) is 2. The summed E-state index contributed by atoms with van der Waals surface area (Å²) >= 11 is 0. The van der Waals surface area contributed by atoms with E-state index in [1.165, 1.54) is 16.9 Å². The van der Waals surface area contributed by atoms with Crippen molar-refractivity contribution in [1.82, 2.24) is 23.8 Å². The predicted octanol–water partition coefficient (Wildman–Crippen LogP) is 4.77. The molecule has 0 saturated carbocycles. The highest BCUT2D eigenvalue weighted by atomic mass is 32.2. The summed E-state index contributed by atoms with van der Waals surface area (Å²) in [7, 11) is -1.26. The van der Waals surface area contributed by atoms with Crippen molar-refractivity contribution in [3.63, 3.8) is 0 Å². The number of nitrogens with one attached hydrogen (secondary N) is 1. The van der Waals surface area contributed by atoms with E-state index in [0.29, 0.717) is 31.1 Å². The lowest BCUT2D eigenvalue weighted by molar-refractivity contribution is 0.216. The minimum absolute atomic E-state index is 0.202. The first-order chi connectivity index (χ1) is 18.7. The molecule has 1 saturated heterocycles. The van der Waals surface area contributed by atoms with Gasteiger partial charge in [-0.2, -0.15) is 4.31 Å². The van der Waals surface area contributed by atoms with E-state index in [1.807, 2.05) is 73.1 Å². The Hall–Kier alpha value is -4.22. The average Bonchev–Trinajstić information content (AvgIpc) is 3.53. The van der Waals surface area contributed by atoms with Crippen molar-refractivity contribution in [3.8, 4) is 17.2 Å². The third kappa shape index (κ3) is 5.23. The second-order valence-corrected chi connectivity index (χ2v) is 11.7. The fourth-order valence-electron chi connectivity index (χ4n) is 4.78. The van der Waals surface area contributed by atoms with Crippen molar-refractivity contribution in [1.29, 1.82) is 0 Å². The maximum Gasteiger partial charge on any atom is 0.211 e. The molecule has 0 spiro atoms. The summed E-state index contributed by atoms with van der Waals surface area (Å²) in [6.45, 7) is 2.80. The van der Waals surface area contributed by atoms with Gasteiger partial charge in [-0.15, -0.1) is 0 Å². The van der Waals surface area contributed by atoms with Crippen LogP contribution in [-0.2, 0) is 17.1 Å². The lowest BCUT2D eigenvalue weighted by atomic mass is 10.1. The molecule has 0 radical (unpaired) electrons. The number of rotatable bonds is 7. The van der Waals surface area contributed by atoms with E-state index < -0.39 is 10.0 Å². The molecular formula is C28H28N6O4S. The van der Waals surface area contributed by atoms with Crippen molar-refractivity contribution in [3.05, 3.63) is 72.8 Å². The van der Waals surface area contributed by atoms with Crippen molar-refractivity contribution < 1.29 is 17.9 Å². The fourth-order valence-corrected chi connectivity index (χ4v) is 5.66. The summed E-state index contributed by atoms with van der Waals surface area (Å²) in [6, 6.07) is 17.3. The smallest absolute Gasteiger partial charge is 0.211 e. The van der Waals surface area contributed by atoms with Crippen LogP contribution in [0.15, 0.2) is 67.3 Å². The first kappa shape index (κ1) is 25.1. The molecule has 0 amide bonds. The largest absolute Gasteiger partial charge is 0.489 e. The molecule has 11 heteroatoms. The van der Waals surface area contributed by atoms with Crippen LogP contribution in [0.3, 0.4) is 0 Å². The Labute approximate surface area is 226 Å². The molecule has 1 fully saturated rings. The summed E-state index contributed by atoms with van der Waals surface area (Å²) in [5, 5.41) is 4.19. The number of sulfonamides is 1. The maximum atomic E-state index is 11.8. The van der Waals surface area contributed by atoms with Gasteiger partial charge in [0.15, 0.2) is 0 Å². The lowest BCUT2D eigenvalue weighted by Crippen LogP contribution is -2.29. The minimum atomic E-state index is -3.23. The summed E-state index contributed by atoms with van der Waals surface area (Å²) in [4.78, 5) is 13.2. The van der Waals surface area contributed by atoms with Crippen LogP contribution in [0.1, 0.15) is 12.0 Å². The molecule has 1 N–H and O–H groups in total. The van der Waals surface area contributed by atoms with Gasteiger partial charge >= 0.3 is 0 Å². The second-order valence-electron chi connectivity index (χ2n) is 9.76. The number of fused-ring (bicyclic) bond motifs is 2. The maximum absolute atomic E-state index is 11.8. The molecule has 39 heavy (non-hydrogen) atoms. The van der Waals surface area contributed by atoms with E-state index in [0.717, 1.165) is 44.7 Å². The lowest BCUT2D eigenvalue weighted by Gasteiger charge is -2.16. The van der Waals surface area contributed by atoms with Crippen LogP contribution in [0.2, 0.25) is 0 Å². The van der Waals surface area contributed by atoms with Gasteiger partial charge in [-0.25, -0.2) is 23.4 Å². The van der Waals surface area contributed by atoms with Crippen LogP contribution in [0.4, 0.5) is 11.5 Å². The highest BCUT2D eigenvalue weighted by Crippen LogP contribution is 2.32. The predicted molar refractivity (Wildman–Crippen MR) is 150 cm³/mol. The van der Waals surface area contributed by atoms with Crippen molar-refractivity contribution in [2.45, 2.75) is 19.4 Å². The normalized spacial score (nSPS) is 16.1. The Morgan fingerprint density at radius 1 is 0.974 bits per heavy atom. The molecule has 10 nitrogen and oxygen atoms in total. The SMILES string of the molecule is Cc1cc(Nc2ncnc3ccc(O[C@H]4CCN(S(C)(=O)=O)C4)cc23)ccc1Oc1ccc2c(c1)ncn2C. The van der Waals surface area contributed by atoms with E-state index >= 15 is 0 Å². The van der Waals surface area contributed by atoms with Crippen LogP contribution in [0.5, 0.6) is 17.2 Å². The summed E-state index contributed by atoms with van der Waals surface area (Å²) in [5.41, 5.74) is 4.51. The number of aromatic nitrogens is 4. The Bertz CT molecular complexity index is 1800. The molecule has 5 aromatic rings. The molecule has 0 aliphatic carbocycles. The Morgan fingerprint density at radius 2 is 1.82 bits per heavy atom. The summed E-state index contributed by atoms with van der Waals surface area (Å²) < 4.78 is 39.4. The van der Waals surface area contributed by atoms with Gasteiger partial charge in [-0.3, -0.25) is 0 Å². The second kappa shape index (κ2) is 9.83. The number of hydrogen-bond donors (Lipinski definition) is 1. The zero-order valence-corrected chi connectivity index (χ0v) is 22.6. The molecular weight excluding hydrogens is 516 g/mol. The van der Waals surface area contributed by atoms with E-state index in [-0.39, 0.29) is 6.10 Å². The molecule has 3 aromatic carbocycles. The van der Waals surface area contributed by atoms with Crippen molar-refractivity contribution in [2.24, 2.45) is 7.05 Å². The highest BCUT2D eigenvalue weighted by Gasteiger charge is 2.29. The average molecular weight is 545 g/mol. The van der Waals surface area contributed by atoms with E-state index in [4.69, 9.17) is 9.47 Å². The molecule has 3 heterocycles. The monoisotopic (exact) mass is 544 g/mol.